The quantitative estimate of drug-likeness (QED) is 0.662. The third-order valence-corrected chi connectivity index (χ3v) is 5.36. The fraction of sp³-hybridized carbons (Fsp3) is 0.400. The third-order valence-electron chi connectivity index (χ3n) is 5.36. The maximum absolute atomic E-state index is 13.1. The fourth-order valence-corrected chi connectivity index (χ4v) is 3.84. The zero-order chi connectivity index (χ0) is 21.4. The lowest BCUT2D eigenvalue weighted by Crippen LogP contribution is -2.65. The Hall–Kier alpha value is -3.40. The number of carbonyl (C=O) groups excluding carboxylic acids is 3. The van der Waals surface area contributed by atoms with E-state index in [1.54, 1.807) is 23.0 Å². The van der Waals surface area contributed by atoms with Crippen LogP contribution in [0.5, 0.6) is 0 Å². The first-order valence-corrected chi connectivity index (χ1v) is 9.63. The number of likely N-dealkylation sites (N-methyl/N-ethyl adjacent to an activating group) is 1. The highest BCUT2D eigenvalue weighted by atomic mass is 16.5. The predicted molar refractivity (Wildman–Crippen MR) is 106 cm³/mol. The van der Waals surface area contributed by atoms with Crippen molar-refractivity contribution in [2.45, 2.75) is 25.7 Å². The minimum absolute atomic E-state index is 0.0647. The number of fused-ring (bicyclic) bond motifs is 3. The van der Waals surface area contributed by atoms with E-state index < -0.39 is 36.7 Å². The van der Waals surface area contributed by atoms with E-state index >= 15 is 0 Å². The zero-order valence-corrected chi connectivity index (χ0v) is 16.8. The van der Waals surface area contributed by atoms with Gasteiger partial charge in [0.15, 0.2) is 12.2 Å². The number of nitrogens with zero attached hydrogens (tertiary/aromatic N) is 5. The lowest BCUT2D eigenvalue weighted by atomic mass is 10.1. The van der Waals surface area contributed by atoms with Crippen molar-refractivity contribution in [2.75, 3.05) is 26.7 Å². The SMILES string of the molecule is CC1=CN2C(=NC3C2C(=O)N(CC(=O)OCc2ccccc2)C(=O)N3C)N1CCO. The summed E-state index contributed by atoms with van der Waals surface area (Å²) in [6, 6.07) is 7.80. The number of amides is 3. The number of urea groups is 1. The summed E-state index contributed by atoms with van der Waals surface area (Å²) in [5, 5.41) is 9.31. The minimum Gasteiger partial charge on any atom is -0.459 e. The molecule has 3 heterocycles. The summed E-state index contributed by atoms with van der Waals surface area (Å²) >= 11 is 0. The van der Waals surface area contributed by atoms with Crippen LogP contribution in [0.3, 0.4) is 0 Å². The van der Waals surface area contributed by atoms with Gasteiger partial charge in [0, 0.05) is 25.5 Å². The van der Waals surface area contributed by atoms with Crippen LogP contribution in [0.15, 0.2) is 47.2 Å². The largest absolute Gasteiger partial charge is 0.459 e. The Morgan fingerprint density at radius 2 is 1.93 bits per heavy atom. The first-order valence-electron chi connectivity index (χ1n) is 9.63. The van der Waals surface area contributed by atoms with E-state index in [1.807, 2.05) is 37.3 Å². The normalized spacial score (nSPS) is 22.8. The Bertz CT molecular complexity index is 931. The van der Waals surface area contributed by atoms with Gasteiger partial charge in [-0.3, -0.25) is 14.5 Å². The van der Waals surface area contributed by atoms with Gasteiger partial charge in [0.1, 0.15) is 13.2 Å². The van der Waals surface area contributed by atoms with E-state index in [2.05, 4.69) is 4.99 Å². The van der Waals surface area contributed by atoms with Gasteiger partial charge in [-0.25, -0.2) is 9.79 Å². The van der Waals surface area contributed by atoms with Gasteiger partial charge < -0.3 is 24.5 Å². The van der Waals surface area contributed by atoms with Crippen LogP contribution in [0, 0.1) is 0 Å². The van der Waals surface area contributed by atoms with Crippen molar-refractivity contribution in [1.82, 2.24) is 19.6 Å². The van der Waals surface area contributed by atoms with E-state index in [9.17, 15) is 19.5 Å². The van der Waals surface area contributed by atoms with Crippen LogP contribution >= 0.6 is 0 Å². The molecular formula is C20H23N5O5. The summed E-state index contributed by atoms with van der Waals surface area (Å²) in [6.45, 7) is 1.71. The van der Waals surface area contributed by atoms with E-state index in [1.165, 1.54) is 4.90 Å². The summed E-state index contributed by atoms with van der Waals surface area (Å²) in [5.41, 5.74) is 1.65. The van der Waals surface area contributed by atoms with E-state index in [4.69, 9.17) is 4.74 Å². The van der Waals surface area contributed by atoms with Crippen molar-refractivity contribution in [1.29, 1.82) is 0 Å². The second kappa shape index (κ2) is 7.79. The topological polar surface area (TPSA) is 106 Å². The maximum atomic E-state index is 13.1. The van der Waals surface area contributed by atoms with Gasteiger partial charge in [0.25, 0.3) is 5.91 Å². The molecule has 10 nitrogen and oxygen atoms in total. The summed E-state index contributed by atoms with van der Waals surface area (Å²) in [6.07, 6.45) is 1.08. The second-order valence-electron chi connectivity index (χ2n) is 7.30. The number of aliphatic hydroxyl groups excluding tert-OH is 1. The van der Waals surface area contributed by atoms with Gasteiger partial charge >= 0.3 is 12.0 Å². The first kappa shape index (κ1) is 19.9. The Morgan fingerprint density at radius 3 is 2.63 bits per heavy atom. The number of ether oxygens (including phenoxy) is 1. The summed E-state index contributed by atoms with van der Waals surface area (Å²) < 4.78 is 5.23. The average molecular weight is 413 g/mol. The Morgan fingerprint density at radius 1 is 1.20 bits per heavy atom. The van der Waals surface area contributed by atoms with Gasteiger partial charge in [0.2, 0.25) is 5.96 Å². The van der Waals surface area contributed by atoms with Crippen molar-refractivity contribution in [3.05, 3.63) is 47.8 Å². The van der Waals surface area contributed by atoms with Crippen LogP contribution in [0.1, 0.15) is 12.5 Å². The molecule has 30 heavy (non-hydrogen) atoms. The number of aliphatic hydroxyl groups is 1. The van der Waals surface area contributed by atoms with E-state index in [-0.39, 0.29) is 13.2 Å². The molecule has 0 radical (unpaired) electrons. The molecule has 4 rings (SSSR count). The van der Waals surface area contributed by atoms with Gasteiger partial charge in [-0.2, -0.15) is 0 Å². The number of β-amino-alcohol motifs (C(OH)–C–C–N with tert-alkyl or cyclic N) is 1. The van der Waals surface area contributed by atoms with Crippen molar-refractivity contribution >= 4 is 23.9 Å². The Balaban J connectivity index is 1.48. The number of benzene rings is 1. The highest BCUT2D eigenvalue weighted by Crippen LogP contribution is 2.33. The molecule has 0 spiro atoms. The number of rotatable bonds is 6. The van der Waals surface area contributed by atoms with Crippen molar-refractivity contribution in [3.8, 4) is 0 Å². The van der Waals surface area contributed by atoms with Crippen LogP contribution in [-0.4, -0.2) is 87.5 Å². The number of carbonyl (C=O) groups is 3. The number of hydrogen-bond donors (Lipinski definition) is 1. The van der Waals surface area contributed by atoms with Crippen LogP contribution in [0.2, 0.25) is 0 Å². The first-order chi connectivity index (χ1) is 14.4. The average Bonchev–Trinajstić information content (AvgIpc) is 3.25. The molecule has 2 unspecified atom stereocenters. The number of allylic oxidation sites excluding steroid dienone is 1. The molecular weight excluding hydrogens is 390 g/mol. The molecule has 1 aromatic carbocycles. The zero-order valence-electron chi connectivity index (χ0n) is 16.8. The lowest BCUT2D eigenvalue weighted by Gasteiger charge is -2.39. The molecule has 1 fully saturated rings. The molecule has 0 saturated carbocycles. The standard InChI is InChI=1S/C20H23N5O5/c1-13-10-24-16-17(21-19(24)23(13)8-9-26)22(2)20(29)25(18(16)28)11-15(27)30-12-14-6-4-3-5-7-14/h3-7,10,16-17,26H,8-9,11-12H2,1-2H3. The fourth-order valence-electron chi connectivity index (χ4n) is 3.84. The molecule has 1 N–H and O–H groups in total. The maximum Gasteiger partial charge on any atom is 0.328 e. The van der Waals surface area contributed by atoms with Crippen LogP contribution in [0.25, 0.3) is 0 Å². The molecule has 1 saturated heterocycles. The number of esters is 1. The Kier molecular flexibility index (Phi) is 5.17. The highest BCUT2D eigenvalue weighted by molar-refractivity contribution is 6.06. The van der Waals surface area contributed by atoms with Crippen molar-refractivity contribution < 1.29 is 24.2 Å². The smallest absolute Gasteiger partial charge is 0.328 e. The summed E-state index contributed by atoms with van der Waals surface area (Å²) in [4.78, 5) is 48.5. The van der Waals surface area contributed by atoms with Gasteiger partial charge in [0.05, 0.1) is 6.61 Å². The van der Waals surface area contributed by atoms with Gasteiger partial charge in [-0.15, -0.1) is 0 Å². The second-order valence-corrected chi connectivity index (χ2v) is 7.30. The monoisotopic (exact) mass is 413 g/mol. The molecule has 3 aliphatic rings. The van der Waals surface area contributed by atoms with Crippen LogP contribution < -0.4 is 0 Å². The van der Waals surface area contributed by atoms with Gasteiger partial charge in [-0.05, 0) is 12.5 Å². The molecule has 158 valence electrons. The summed E-state index contributed by atoms with van der Waals surface area (Å²) in [7, 11) is 1.55. The molecule has 0 bridgehead atoms. The molecule has 10 heteroatoms. The number of imide groups is 1. The number of aliphatic imine (C=N–C) groups is 1. The van der Waals surface area contributed by atoms with Crippen LogP contribution in [-0.2, 0) is 20.9 Å². The van der Waals surface area contributed by atoms with Crippen LogP contribution in [0.4, 0.5) is 4.79 Å². The van der Waals surface area contributed by atoms with Crippen molar-refractivity contribution in [2.24, 2.45) is 4.99 Å². The van der Waals surface area contributed by atoms with Gasteiger partial charge in [-0.1, -0.05) is 30.3 Å². The number of guanidine groups is 1. The molecule has 0 aliphatic carbocycles. The molecule has 2 atom stereocenters. The van der Waals surface area contributed by atoms with E-state index in [0.717, 1.165) is 16.2 Å². The summed E-state index contributed by atoms with van der Waals surface area (Å²) in [5.74, 6) is -0.659. The minimum atomic E-state index is -0.761. The third kappa shape index (κ3) is 3.28. The predicted octanol–water partition coefficient (Wildman–Crippen LogP) is 0.159. The molecule has 0 aromatic heterocycles. The number of hydrogen-bond acceptors (Lipinski definition) is 8. The lowest BCUT2D eigenvalue weighted by molar-refractivity contribution is -0.151. The molecule has 1 aromatic rings. The van der Waals surface area contributed by atoms with E-state index in [0.29, 0.717) is 12.5 Å². The Labute approximate surface area is 173 Å². The molecule has 3 amide bonds. The van der Waals surface area contributed by atoms with Crippen molar-refractivity contribution in [3.63, 3.8) is 0 Å². The molecule has 3 aliphatic heterocycles. The highest BCUT2D eigenvalue weighted by Gasteiger charge is 2.54.